The molecule has 0 saturated heterocycles. The first-order valence-corrected chi connectivity index (χ1v) is 3.95. The highest BCUT2D eigenvalue weighted by Gasteiger charge is 2.46. The molecule has 54 valence electrons. The Morgan fingerprint density at radius 3 is 1.78 bits per heavy atom. The number of alkyl halides is 4. The summed E-state index contributed by atoms with van der Waals surface area (Å²) in [5, 5.41) is 0. The van der Waals surface area contributed by atoms with Crippen LogP contribution in [0, 0.1) is 5.92 Å². The first-order chi connectivity index (χ1) is 4.00. The van der Waals surface area contributed by atoms with E-state index in [4.69, 9.17) is 0 Å². The molecule has 1 rings (SSSR count). The summed E-state index contributed by atoms with van der Waals surface area (Å²) in [5.41, 5.74) is 0. The van der Waals surface area contributed by atoms with Crippen molar-refractivity contribution in [2.45, 2.75) is 22.9 Å². The fraction of sp³-hybridized carbons (Fsp3) is 1.00. The van der Waals surface area contributed by atoms with E-state index in [0.29, 0.717) is 12.8 Å². The van der Waals surface area contributed by atoms with Crippen molar-refractivity contribution in [1.29, 1.82) is 0 Å². The molecule has 0 aromatic heterocycles. The highest BCUT2D eigenvalue weighted by Crippen LogP contribution is 2.44. The molecule has 0 N–H and O–H groups in total. The van der Waals surface area contributed by atoms with Gasteiger partial charge >= 0.3 is 6.18 Å². The highest BCUT2D eigenvalue weighted by molar-refractivity contribution is 14.1. The first kappa shape index (κ1) is 7.63. The van der Waals surface area contributed by atoms with Gasteiger partial charge < -0.3 is 0 Å². The second kappa shape index (κ2) is 2.29. The molecule has 9 heavy (non-hydrogen) atoms. The zero-order chi connectivity index (χ0) is 7.07. The van der Waals surface area contributed by atoms with Gasteiger partial charge in [-0.15, -0.1) is 0 Å². The summed E-state index contributed by atoms with van der Waals surface area (Å²) in [4.78, 5) is 0. The molecular weight excluding hydrogens is 244 g/mol. The molecule has 1 saturated carbocycles. The quantitative estimate of drug-likeness (QED) is 0.458. The Balaban J connectivity index is 2.32. The Morgan fingerprint density at radius 1 is 1.22 bits per heavy atom. The van der Waals surface area contributed by atoms with E-state index in [2.05, 4.69) is 0 Å². The van der Waals surface area contributed by atoms with E-state index >= 15 is 0 Å². The van der Waals surface area contributed by atoms with E-state index in [1.807, 2.05) is 22.6 Å². The van der Waals surface area contributed by atoms with Gasteiger partial charge in [-0.05, 0) is 12.8 Å². The van der Waals surface area contributed by atoms with E-state index in [9.17, 15) is 13.2 Å². The predicted octanol–water partition coefficient (Wildman–Crippen LogP) is 2.76. The van der Waals surface area contributed by atoms with Crippen LogP contribution in [0.3, 0.4) is 0 Å². The van der Waals surface area contributed by atoms with Gasteiger partial charge in [-0.1, -0.05) is 22.6 Å². The molecule has 0 aliphatic heterocycles. The van der Waals surface area contributed by atoms with Crippen LogP contribution in [-0.4, -0.2) is 10.1 Å². The van der Waals surface area contributed by atoms with E-state index in [1.165, 1.54) is 0 Å². The molecule has 0 unspecified atom stereocenters. The Morgan fingerprint density at radius 2 is 1.67 bits per heavy atom. The van der Waals surface area contributed by atoms with Crippen LogP contribution >= 0.6 is 22.6 Å². The lowest BCUT2D eigenvalue weighted by molar-refractivity contribution is -0.191. The number of hydrogen-bond donors (Lipinski definition) is 0. The minimum atomic E-state index is -3.93. The third-order valence-corrected chi connectivity index (χ3v) is 2.56. The zero-order valence-electron chi connectivity index (χ0n) is 4.58. The van der Waals surface area contributed by atoms with E-state index < -0.39 is 12.1 Å². The summed E-state index contributed by atoms with van der Waals surface area (Å²) in [6, 6.07) is 0. The Hall–Kier alpha value is 0.520. The molecule has 0 nitrogen and oxygen atoms in total. The van der Waals surface area contributed by atoms with Crippen LogP contribution in [0.1, 0.15) is 12.8 Å². The normalized spacial score (nSPS) is 36.0. The highest BCUT2D eigenvalue weighted by atomic mass is 127. The fourth-order valence-electron chi connectivity index (χ4n) is 0.816. The first-order valence-electron chi connectivity index (χ1n) is 2.71. The standard InChI is InChI=1S/C5H6F3I/c6-5(7,8)3-1-4(9)2-3/h3-4H,1-2H2. The zero-order valence-corrected chi connectivity index (χ0v) is 6.74. The van der Waals surface area contributed by atoms with E-state index in [-0.39, 0.29) is 3.92 Å². The number of hydrogen-bond acceptors (Lipinski definition) is 0. The van der Waals surface area contributed by atoms with Crippen molar-refractivity contribution in [2.75, 3.05) is 0 Å². The van der Waals surface area contributed by atoms with Gasteiger partial charge in [0.15, 0.2) is 0 Å². The molecule has 4 heteroatoms. The summed E-state index contributed by atoms with van der Waals surface area (Å²) in [6.45, 7) is 0. The molecular formula is C5H6F3I. The van der Waals surface area contributed by atoms with Crippen LogP contribution < -0.4 is 0 Å². The topological polar surface area (TPSA) is 0 Å². The van der Waals surface area contributed by atoms with Crippen molar-refractivity contribution >= 4 is 22.6 Å². The number of rotatable bonds is 0. The molecule has 1 fully saturated rings. The van der Waals surface area contributed by atoms with Gasteiger partial charge in [-0.2, -0.15) is 13.2 Å². The van der Waals surface area contributed by atoms with Gasteiger partial charge in [-0.25, -0.2) is 0 Å². The Kier molecular flexibility index (Phi) is 1.94. The van der Waals surface area contributed by atoms with Crippen LogP contribution in [-0.2, 0) is 0 Å². The molecule has 0 radical (unpaired) electrons. The minimum absolute atomic E-state index is 0.259. The van der Waals surface area contributed by atoms with Gasteiger partial charge in [0, 0.05) is 3.92 Å². The van der Waals surface area contributed by atoms with Crippen molar-refractivity contribution in [2.24, 2.45) is 5.92 Å². The third kappa shape index (κ3) is 1.72. The summed E-state index contributed by atoms with van der Waals surface area (Å²) in [5.74, 6) is -1.00. The minimum Gasteiger partial charge on any atom is -0.171 e. The Labute approximate surface area is 65.0 Å². The van der Waals surface area contributed by atoms with Crippen LogP contribution in [0.2, 0.25) is 0 Å². The Bertz CT molecular complexity index is 103. The van der Waals surface area contributed by atoms with Gasteiger partial charge in [0.2, 0.25) is 0 Å². The molecule has 0 aromatic carbocycles. The van der Waals surface area contributed by atoms with E-state index in [0.717, 1.165) is 0 Å². The van der Waals surface area contributed by atoms with Gasteiger partial charge in [0.25, 0.3) is 0 Å². The molecule has 0 atom stereocenters. The van der Waals surface area contributed by atoms with Crippen molar-refractivity contribution in [3.8, 4) is 0 Å². The largest absolute Gasteiger partial charge is 0.391 e. The average Bonchev–Trinajstić information content (AvgIpc) is 1.55. The molecule has 0 aromatic rings. The van der Waals surface area contributed by atoms with Crippen LogP contribution in [0.25, 0.3) is 0 Å². The molecule has 1 aliphatic carbocycles. The lowest BCUT2D eigenvalue weighted by atomic mass is 9.85. The van der Waals surface area contributed by atoms with Crippen LogP contribution in [0.15, 0.2) is 0 Å². The maximum absolute atomic E-state index is 11.7. The summed E-state index contributed by atoms with van der Waals surface area (Å²) in [6.07, 6.45) is -3.28. The summed E-state index contributed by atoms with van der Waals surface area (Å²) < 4.78 is 35.3. The average molecular weight is 250 g/mol. The third-order valence-electron chi connectivity index (χ3n) is 1.54. The molecule has 0 heterocycles. The van der Waals surface area contributed by atoms with Crippen LogP contribution in [0.5, 0.6) is 0 Å². The lowest BCUT2D eigenvalue weighted by Crippen LogP contribution is -2.35. The molecule has 1 aliphatic rings. The smallest absolute Gasteiger partial charge is 0.171 e. The summed E-state index contributed by atoms with van der Waals surface area (Å²) >= 11 is 2.05. The monoisotopic (exact) mass is 250 g/mol. The van der Waals surface area contributed by atoms with E-state index in [1.54, 1.807) is 0 Å². The lowest BCUT2D eigenvalue weighted by Gasteiger charge is -2.32. The maximum Gasteiger partial charge on any atom is 0.391 e. The summed E-state index contributed by atoms with van der Waals surface area (Å²) in [7, 11) is 0. The predicted molar refractivity (Wildman–Crippen MR) is 36.6 cm³/mol. The van der Waals surface area contributed by atoms with Gasteiger partial charge in [0.05, 0.1) is 5.92 Å². The number of halogens is 4. The van der Waals surface area contributed by atoms with Crippen molar-refractivity contribution in [3.63, 3.8) is 0 Å². The van der Waals surface area contributed by atoms with Gasteiger partial charge in [0.1, 0.15) is 0 Å². The second-order valence-electron chi connectivity index (χ2n) is 2.31. The molecule has 0 spiro atoms. The van der Waals surface area contributed by atoms with Crippen molar-refractivity contribution in [1.82, 2.24) is 0 Å². The maximum atomic E-state index is 11.7. The molecule has 0 bridgehead atoms. The fourth-order valence-corrected chi connectivity index (χ4v) is 2.04. The van der Waals surface area contributed by atoms with Crippen molar-refractivity contribution in [3.05, 3.63) is 0 Å². The second-order valence-corrected chi connectivity index (χ2v) is 4.07. The SMILES string of the molecule is FC(F)(F)C1CC(I)C1. The van der Waals surface area contributed by atoms with Crippen molar-refractivity contribution < 1.29 is 13.2 Å². The molecule has 0 amide bonds. The van der Waals surface area contributed by atoms with Crippen LogP contribution in [0.4, 0.5) is 13.2 Å². The van der Waals surface area contributed by atoms with Gasteiger partial charge in [-0.3, -0.25) is 0 Å².